The standard InChI is InChI=1S/C23H25F3N4O5S/c1-7-8-35-20(32)16-11(2)17(21(33)34-6)36-19(16)28-18(31)12-9-15-27-13(22(3,4)5)10-14(23(24,25)26)30(15)29-12/h9-10H,7-8H2,1-6H3,(H,28,31). The zero-order valence-electron chi connectivity index (χ0n) is 20.5. The molecule has 0 atom stereocenters. The van der Waals surface area contributed by atoms with Crippen molar-refractivity contribution in [3.8, 4) is 0 Å². The number of nitrogens with zero attached hydrogens (tertiary/aromatic N) is 3. The molecule has 0 bridgehead atoms. The Morgan fingerprint density at radius 3 is 2.36 bits per heavy atom. The van der Waals surface area contributed by atoms with Crippen LogP contribution in [0.5, 0.6) is 0 Å². The maximum Gasteiger partial charge on any atom is 0.433 e. The fourth-order valence-electron chi connectivity index (χ4n) is 3.24. The third kappa shape index (κ3) is 5.35. The van der Waals surface area contributed by atoms with Crippen molar-refractivity contribution >= 4 is 39.8 Å². The number of fused-ring (bicyclic) bond motifs is 1. The third-order valence-electron chi connectivity index (χ3n) is 5.10. The molecule has 1 N–H and O–H groups in total. The number of carbonyl (C=O) groups is 3. The molecule has 3 aromatic rings. The fraction of sp³-hybridized carbons (Fsp3) is 0.435. The van der Waals surface area contributed by atoms with Crippen LogP contribution in [0.2, 0.25) is 0 Å². The minimum absolute atomic E-state index is 0.0181. The summed E-state index contributed by atoms with van der Waals surface area (Å²) in [5, 5.41) is 6.28. The number of alkyl halides is 3. The molecule has 13 heteroatoms. The molecule has 0 saturated heterocycles. The smallest absolute Gasteiger partial charge is 0.433 e. The van der Waals surface area contributed by atoms with Crippen molar-refractivity contribution in [1.29, 1.82) is 0 Å². The summed E-state index contributed by atoms with van der Waals surface area (Å²) in [6.07, 6.45) is -4.20. The number of hydrogen-bond donors (Lipinski definition) is 1. The van der Waals surface area contributed by atoms with Gasteiger partial charge in [-0.1, -0.05) is 27.7 Å². The Kier molecular flexibility index (Phi) is 7.44. The van der Waals surface area contributed by atoms with Gasteiger partial charge < -0.3 is 14.8 Å². The van der Waals surface area contributed by atoms with Gasteiger partial charge in [0.1, 0.15) is 15.6 Å². The molecule has 3 rings (SSSR count). The van der Waals surface area contributed by atoms with E-state index < -0.39 is 35.1 Å². The summed E-state index contributed by atoms with van der Waals surface area (Å²) in [5.74, 6) is -2.38. The summed E-state index contributed by atoms with van der Waals surface area (Å²) in [7, 11) is 1.17. The molecule has 0 aliphatic rings. The first-order valence-corrected chi connectivity index (χ1v) is 11.7. The van der Waals surface area contributed by atoms with Gasteiger partial charge >= 0.3 is 18.1 Å². The molecule has 0 saturated carbocycles. The highest BCUT2D eigenvalue weighted by atomic mass is 32.1. The Morgan fingerprint density at radius 1 is 1.14 bits per heavy atom. The van der Waals surface area contributed by atoms with Crippen LogP contribution in [0.3, 0.4) is 0 Å². The topological polar surface area (TPSA) is 112 Å². The van der Waals surface area contributed by atoms with Crippen molar-refractivity contribution in [2.24, 2.45) is 0 Å². The summed E-state index contributed by atoms with van der Waals surface area (Å²) in [4.78, 5) is 42.1. The number of hydrogen-bond acceptors (Lipinski definition) is 8. The monoisotopic (exact) mass is 526 g/mol. The molecule has 9 nitrogen and oxygen atoms in total. The van der Waals surface area contributed by atoms with Gasteiger partial charge in [0.15, 0.2) is 11.3 Å². The first-order valence-electron chi connectivity index (χ1n) is 10.9. The summed E-state index contributed by atoms with van der Waals surface area (Å²) in [6.45, 7) is 8.56. The highest BCUT2D eigenvalue weighted by Gasteiger charge is 2.37. The second kappa shape index (κ2) is 9.88. The first kappa shape index (κ1) is 27.1. The number of amides is 1. The molecular formula is C23H25F3N4O5S. The largest absolute Gasteiger partial charge is 0.465 e. The van der Waals surface area contributed by atoms with Gasteiger partial charge in [0, 0.05) is 11.5 Å². The molecule has 1 amide bonds. The average molecular weight is 527 g/mol. The molecule has 194 valence electrons. The summed E-state index contributed by atoms with van der Waals surface area (Å²) < 4.78 is 51.7. The van der Waals surface area contributed by atoms with Crippen molar-refractivity contribution in [1.82, 2.24) is 14.6 Å². The lowest BCUT2D eigenvalue weighted by molar-refractivity contribution is -0.142. The van der Waals surface area contributed by atoms with Crippen LogP contribution in [0.1, 0.15) is 81.6 Å². The summed E-state index contributed by atoms with van der Waals surface area (Å²) >= 11 is 0.786. The Balaban J connectivity index is 2.07. The van der Waals surface area contributed by atoms with Crippen molar-refractivity contribution in [3.63, 3.8) is 0 Å². The number of aromatic nitrogens is 3. The molecule has 3 aromatic heterocycles. The molecular weight excluding hydrogens is 501 g/mol. The maximum absolute atomic E-state index is 13.8. The van der Waals surface area contributed by atoms with Gasteiger partial charge in [-0.05, 0) is 25.0 Å². The van der Waals surface area contributed by atoms with Gasteiger partial charge in [0.05, 0.1) is 25.0 Å². The molecule has 0 aliphatic heterocycles. The molecule has 0 radical (unpaired) electrons. The second-order valence-corrected chi connectivity index (χ2v) is 9.94. The lowest BCUT2D eigenvalue weighted by Gasteiger charge is -2.19. The Morgan fingerprint density at radius 2 is 1.81 bits per heavy atom. The predicted octanol–water partition coefficient (Wildman–Crippen LogP) is 5.02. The van der Waals surface area contributed by atoms with E-state index in [-0.39, 0.29) is 44.6 Å². The normalized spacial score (nSPS) is 12.0. The van der Waals surface area contributed by atoms with Crippen LogP contribution < -0.4 is 5.32 Å². The van der Waals surface area contributed by atoms with E-state index in [0.29, 0.717) is 10.9 Å². The van der Waals surface area contributed by atoms with E-state index in [1.165, 1.54) is 14.0 Å². The number of anilines is 1. The van der Waals surface area contributed by atoms with Gasteiger partial charge in [0.2, 0.25) is 0 Å². The Bertz CT molecular complexity index is 1340. The number of nitrogens with one attached hydrogen (secondary N) is 1. The first-order chi connectivity index (χ1) is 16.7. The van der Waals surface area contributed by atoms with Crippen molar-refractivity contribution in [3.05, 3.63) is 45.2 Å². The van der Waals surface area contributed by atoms with Crippen LogP contribution in [0.4, 0.5) is 18.2 Å². The Hall–Kier alpha value is -3.48. The van der Waals surface area contributed by atoms with Crippen LogP contribution in [0, 0.1) is 6.92 Å². The van der Waals surface area contributed by atoms with Gasteiger partial charge in [0.25, 0.3) is 5.91 Å². The molecule has 0 aliphatic carbocycles. The van der Waals surface area contributed by atoms with Crippen LogP contribution >= 0.6 is 11.3 Å². The third-order valence-corrected chi connectivity index (χ3v) is 6.29. The van der Waals surface area contributed by atoms with Crippen LogP contribution in [-0.4, -0.2) is 46.2 Å². The van der Waals surface area contributed by atoms with E-state index in [9.17, 15) is 27.6 Å². The second-order valence-electron chi connectivity index (χ2n) is 8.92. The van der Waals surface area contributed by atoms with Crippen molar-refractivity contribution in [2.75, 3.05) is 19.0 Å². The van der Waals surface area contributed by atoms with E-state index in [2.05, 4.69) is 15.4 Å². The van der Waals surface area contributed by atoms with E-state index >= 15 is 0 Å². The van der Waals surface area contributed by atoms with Gasteiger partial charge in [-0.15, -0.1) is 11.3 Å². The number of methoxy groups -OCH3 is 1. The molecule has 0 fully saturated rings. The highest BCUT2D eigenvalue weighted by molar-refractivity contribution is 7.18. The molecule has 3 heterocycles. The lowest BCUT2D eigenvalue weighted by Crippen LogP contribution is -2.20. The maximum atomic E-state index is 13.8. The number of ether oxygens (including phenoxy) is 2. The van der Waals surface area contributed by atoms with Crippen molar-refractivity contribution < 1.29 is 37.0 Å². The highest BCUT2D eigenvalue weighted by Crippen LogP contribution is 2.35. The van der Waals surface area contributed by atoms with Gasteiger partial charge in [-0.25, -0.2) is 19.1 Å². The summed E-state index contributed by atoms with van der Waals surface area (Å²) in [5.41, 5.74) is -1.94. The number of thiophene rings is 1. The molecule has 0 unspecified atom stereocenters. The Labute approximate surface area is 208 Å². The molecule has 0 spiro atoms. The average Bonchev–Trinajstić information content (AvgIpc) is 3.36. The zero-order chi connectivity index (χ0) is 27.0. The zero-order valence-corrected chi connectivity index (χ0v) is 21.3. The quantitative estimate of drug-likeness (QED) is 0.449. The van der Waals surface area contributed by atoms with E-state index in [1.54, 1.807) is 27.7 Å². The van der Waals surface area contributed by atoms with E-state index in [0.717, 1.165) is 23.5 Å². The van der Waals surface area contributed by atoms with Crippen LogP contribution in [0.15, 0.2) is 12.1 Å². The minimum atomic E-state index is -4.75. The molecule has 0 aromatic carbocycles. The van der Waals surface area contributed by atoms with Gasteiger partial charge in [-0.3, -0.25) is 4.79 Å². The number of halogens is 3. The molecule has 36 heavy (non-hydrogen) atoms. The van der Waals surface area contributed by atoms with E-state index in [1.807, 2.05) is 0 Å². The number of carbonyl (C=O) groups excluding carboxylic acids is 3. The van der Waals surface area contributed by atoms with Crippen LogP contribution in [0.25, 0.3) is 5.65 Å². The predicted molar refractivity (Wildman–Crippen MR) is 126 cm³/mol. The van der Waals surface area contributed by atoms with E-state index in [4.69, 9.17) is 9.47 Å². The minimum Gasteiger partial charge on any atom is -0.465 e. The SMILES string of the molecule is CCCOC(=O)c1c(NC(=O)c2cc3nc(C(C)(C)C)cc(C(F)(F)F)n3n2)sc(C(=O)OC)c1C. The summed E-state index contributed by atoms with van der Waals surface area (Å²) in [6, 6.07) is 2.02. The van der Waals surface area contributed by atoms with Crippen molar-refractivity contribution in [2.45, 2.75) is 52.6 Å². The fourth-order valence-corrected chi connectivity index (χ4v) is 4.35. The lowest BCUT2D eigenvalue weighted by atomic mass is 9.91. The number of rotatable bonds is 6. The van der Waals surface area contributed by atoms with Crippen LogP contribution in [-0.2, 0) is 21.1 Å². The number of esters is 2. The van der Waals surface area contributed by atoms with Gasteiger partial charge in [-0.2, -0.15) is 18.3 Å².